The third kappa shape index (κ3) is 64.3. The molecule has 0 bridgehead atoms. The molecule has 1 atom stereocenters. The molecular formula is C73H120O6. The summed E-state index contributed by atoms with van der Waals surface area (Å²) in [4.78, 5) is 38.4. The van der Waals surface area contributed by atoms with Crippen molar-refractivity contribution in [1.82, 2.24) is 0 Å². The summed E-state index contributed by atoms with van der Waals surface area (Å²) in [5, 5.41) is 0. The van der Waals surface area contributed by atoms with E-state index in [0.717, 1.165) is 154 Å². The van der Waals surface area contributed by atoms with Gasteiger partial charge in [0.25, 0.3) is 0 Å². The molecular weight excluding hydrogens is 973 g/mol. The van der Waals surface area contributed by atoms with Crippen molar-refractivity contribution in [3.05, 3.63) is 134 Å². The smallest absolute Gasteiger partial charge is 0.306 e. The van der Waals surface area contributed by atoms with Gasteiger partial charge in [-0.05, 0) is 135 Å². The van der Waals surface area contributed by atoms with E-state index in [0.29, 0.717) is 19.3 Å². The first-order valence-electron chi connectivity index (χ1n) is 32.7. The van der Waals surface area contributed by atoms with Gasteiger partial charge in [0.15, 0.2) is 6.10 Å². The first-order valence-corrected chi connectivity index (χ1v) is 32.7. The molecule has 79 heavy (non-hydrogen) atoms. The molecule has 448 valence electrons. The molecule has 0 aliphatic carbocycles. The van der Waals surface area contributed by atoms with Gasteiger partial charge >= 0.3 is 17.9 Å². The minimum absolute atomic E-state index is 0.0964. The lowest BCUT2D eigenvalue weighted by atomic mass is 10.1. The van der Waals surface area contributed by atoms with Gasteiger partial charge in [-0.15, -0.1) is 0 Å². The van der Waals surface area contributed by atoms with Crippen LogP contribution in [0, 0.1) is 0 Å². The first-order chi connectivity index (χ1) is 39.0. The Labute approximate surface area is 487 Å². The van der Waals surface area contributed by atoms with Crippen molar-refractivity contribution in [2.45, 2.75) is 297 Å². The van der Waals surface area contributed by atoms with Crippen molar-refractivity contribution >= 4 is 17.9 Å². The van der Waals surface area contributed by atoms with Crippen LogP contribution in [0.15, 0.2) is 134 Å². The van der Waals surface area contributed by atoms with Crippen molar-refractivity contribution in [1.29, 1.82) is 0 Å². The molecule has 0 radical (unpaired) electrons. The van der Waals surface area contributed by atoms with Crippen LogP contribution >= 0.6 is 0 Å². The summed E-state index contributed by atoms with van der Waals surface area (Å²) in [6, 6.07) is 0. The largest absolute Gasteiger partial charge is 0.462 e. The lowest BCUT2D eigenvalue weighted by Crippen LogP contribution is -2.30. The van der Waals surface area contributed by atoms with E-state index in [4.69, 9.17) is 14.2 Å². The highest BCUT2D eigenvalue weighted by molar-refractivity contribution is 5.71. The lowest BCUT2D eigenvalue weighted by molar-refractivity contribution is -0.167. The van der Waals surface area contributed by atoms with Crippen LogP contribution in [0.2, 0.25) is 0 Å². The molecule has 0 fully saturated rings. The number of unbranched alkanes of at least 4 members (excludes halogenated alkanes) is 25. The van der Waals surface area contributed by atoms with Crippen molar-refractivity contribution in [2.24, 2.45) is 0 Å². The van der Waals surface area contributed by atoms with Crippen molar-refractivity contribution in [2.75, 3.05) is 13.2 Å². The van der Waals surface area contributed by atoms with Crippen LogP contribution in [0.3, 0.4) is 0 Å². The maximum Gasteiger partial charge on any atom is 0.306 e. The van der Waals surface area contributed by atoms with E-state index in [1.165, 1.54) is 96.3 Å². The summed E-state index contributed by atoms with van der Waals surface area (Å²) < 4.78 is 16.9. The second-order valence-electron chi connectivity index (χ2n) is 21.3. The highest BCUT2D eigenvalue weighted by atomic mass is 16.6. The second-order valence-corrected chi connectivity index (χ2v) is 21.3. The number of rotatable bonds is 58. The van der Waals surface area contributed by atoms with Crippen LogP contribution in [0.1, 0.15) is 290 Å². The third-order valence-electron chi connectivity index (χ3n) is 13.6. The average Bonchev–Trinajstić information content (AvgIpc) is 3.45. The van der Waals surface area contributed by atoms with Gasteiger partial charge in [-0.1, -0.05) is 270 Å². The molecule has 1 unspecified atom stereocenters. The van der Waals surface area contributed by atoms with Crippen LogP contribution in [0.4, 0.5) is 0 Å². The topological polar surface area (TPSA) is 78.9 Å². The molecule has 0 aliphatic rings. The molecule has 0 aromatic carbocycles. The number of esters is 3. The number of hydrogen-bond donors (Lipinski definition) is 0. The maximum absolute atomic E-state index is 12.9. The normalized spacial score (nSPS) is 13.0. The van der Waals surface area contributed by atoms with E-state index in [2.05, 4.69) is 154 Å². The van der Waals surface area contributed by atoms with E-state index in [1.54, 1.807) is 0 Å². The molecule has 6 nitrogen and oxygen atoms in total. The van der Waals surface area contributed by atoms with Gasteiger partial charge in [-0.25, -0.2) is 0 Å². The number of hydrogen-bond acceptors (Lipinski definition) is 6. The Bertz CT molecular complexity index is 1680. The zero-order valence-corrected chi connectivity index (χ0v) is 51.3. The molecule has 0 aliphatic heterocycles. The third-order valence-corrected chi connectivity index (χ3v) is 13.6. The standard InChI is InChI=1S/C73H120O6/c1-4-7-10-13-16-19-22-25-28-30-32-34-36-38-40-42-45-48-51-54-57-60-63-66-72(75)78-69-70(68-77-71(74)65-62-59-56-53-50-47-44-27-24-21-18-15-12-9-6-3)79-73(76)67-64-61-58-55-52-49-46-43-41-39-37-35-33-31-29-26-23-20-17-14-11-8-5-2/h7,9-10,12,16,18-19,21,23,25-28,31-34,37-40,44,70H,4-6,8,11,13-15,17,20,22,24,29-30,35-36,41-43,45-69H2,1-3H3/b10-7-,12-9-,19-16-,21-18-,26-23-,28-25-,33-31-,34-32-,39-37-,40-38-,44-27-. The fraction of sp³-hybridized carbons (Fsp3) is 0.658. The fourth-order valence-electron chi connectivity index (χ4n) is 8.79. The molecule has 0 amide bonds. The first kappa shape index (κ1) is 74.5. The average molecular weight is 1090 g/mol. The highest BCUT2D eigenvalue weighted by Crippen LogP contribution is 2.15. The summed E-state index contributed by atoms with van der Waals surface area (Å²) >= 11 is 0. The summed E-state index contributed by atoms with van der Waals surface area (Å²) in [7, 11) is 0. The van der Waals surface area contributed by atoms with Gasteiger partial charge in [0.05, 0.1) is 0 Å². The Morgan fingerprint density at radius 3 is 0.772 bits per heavy atom. The number of carbonyl (C=O) groups excluding carboxylic acids is 3. The van der Waals surface area contributed by atoms with Crippen LogP contribution in [0.5, 0.6) is 0 Å². The van der Waals surface area contributed by atoms with Crippen molar-refractivity contribution < 1.29 is 28.6 Å². The molecule has 0 rings (SSSR count). The number of carbonyl (C=O) groups is 3. The molecule has 0 aromatic rings. The molecule has 0 saturated heterocycles. The van der Waals surface area contributed by atoms with Crippen molar-refractivity contribution in [3.63, 3.8) is 0 Å². The van der Waals surface area contributed by atoms with E-state index in [1.807, 2.05) is 0 Å². The summed E-state index contributed by atoms with van der Waals surface area (Å²) in [6.45, 7) is 6.39. The zero-order chi connectivity index (χ0) is 57.1. The highest BCUT2D eigenvalue weighted by Gasteiger charge is 2.19. The fourth-order valence-corrected chi connectivity index (χ4v) is 8.79. The molecule has 6 heteroatoms. The van der Waals surface area contributed by atoms with Crippen LogP contribution < -0.4 is 0 Å². The van der Waals surface area contributed by atoms with E-state index in [9.17, 15) is 14.4 Å². The number of allylic oxidation sites excluding steroid dienone is 22. The van der Waals surface area contributed by atoms with E-state index >= 15 is 0 Å². The Hall–Kier alpha value is -4.45. The molecule has 0 spiro atoms. The Balaban J connectivity index is 4.43. The lowest BCUT2D eigenvalue weighted by Gasteiger charge is -2.18. The summed E-state index contributed by atoms with van der Waals surface area (Å²) in [6.07, 6.45) is 93.1. The van der Waals surface area contributed by atoms with Gasteiger partial charge < -0.3 is 14.2 Å². The molecule has 0 heterocycles. The second kappa shape index (κ2) is 66.1. The zero-order valence-electron chi connectivity index (χ0n) is 51.3. The molecule has 0 aromatic heterocycles. The SMILES string of the molecule is CC/C=C\C/C=C\C/C=C\C/C=C\C/C=C\CCCCCCCCCC(=O)OCC(COC(=O)CCCCCCC/C=C\C/C=C\C/C=C\CC)OC(=O)CCCCCCCCCC/C=C\C/C=C\C/C=C\CCCCCCC. The monoisotopic (exact) mass is 1090 g/mol. The van der Waals surface area contributed by atoms with Gasteiger partial charge in [0.1, 0.15) is 13.2 Å². The number of ether oxygens (including phenoxy) is 3. The van der Waals surface area contributed by atoms with Crippen molar-refractivity contribution in [3.8, 4) is 0 Å². The molecule has 0 saturated carbocycles. The Kier molecular flexibility index (Phi) is 62.3. The predicted octanol–water partition coefficient (Wildman–Crippen LogP) is 22.5. The van der Waals surface area contributed by atoms with Gasteiger partial charge in [0, 0.05) is 19.3 Å². The van der Waals surface area contributed by atoms with Crippen LogP contribution in [-0.4, -0.2) is 37.2 Å². The minimum atomic E-state index is -0.801. The van der Waals surface area contributed by atoms with Gasteiger partial charge in [0.2, 0.25) is 0 Å². The summed E-state index contributed by atoms with van der Waals surface area (Å²) in [5.74, 6) is -0.927. The summed E-state index contributed by atoms with van der Waals surface area (Å²) in [5.41, 5.74) is 0. The van der Waals surface area contributed by atoms with Crippen LogP contribution in [-0.2, 0) is 28.6 Å². The van der Waals surface area contributed by atoms with Crippen LogP contribution in [0.25, 0.3) is 0 Å². The van der Waals surface area contributed by atoms with Gasteiger partial charge in [-0.3, -0.25) is 14.4 Å². The van der Waals surface area contributed by atoms with E-state index in [-0.39, 0.29) is 31.1 Å². The predicted molar refractivity (Wildman–Crippen MR) is 343 cm³/mol. The van der Waals surface area contributed by atoms with E-state index < -0.39 is 6.10 Å². The Morgan fingerprint density at radius 1 is 0.266 bits per heavy atom. The molecule has 0 N–H and O–H groups in total. The minimum Gasteiger partial charge on any atom is -0.462 e. The Morgan fingerprint density at radius 2 is 0.494 bits per heavy atom. The maximum atomic E-state index is 12.9. The van der Waals surface area contributed by atoms with Gasteiger partial charge in [-0.2, -0.15) is 0 Å². The quantitative estimate of drug-likeness (QED) is 0.0261.